The molecular formula is C16H26BrNO. The molecule has 0 radical (unpaired) electrons. The number of halogens is 1. The van der Waals surface area contributed by atoms with Gasteiger partial charge in [0.25, 0.3) is 0 Å². The Morgan fingerprint density at radius 3 is 2.47 bits per heavy atom. The number of rotatable bonds is 7. The zero-order valence-electron chi connectivity index (χ0n) is 12.6. The Bertz CT molecular complexity index is 385. The number of hydrogen-bond acceptors (Lipinski definition) is 2. The third-order valence-electron chi connectivity index (χ3n) is 3.04. The SMILES string of the molecule is COc1ccc(CCCCCNC(C)(C)C)c(Br)c1. The van der Waals surface area contributed by atoms with Crippen molar-refractivity contribution < 1.29 is 4.74 Å². The monoisotopic (exact) mass is 327 g/mol. The second-order valence-electron chi connectivity index (χ2n) is 5.94. The Hall–Kier alpha value is -0.540. The van der Waals surface area contributed by atoms with Crippen LogP contribution < -0.4 is 10.1 Å². The van der Waals surface area contributed by atoms with Gasteiger partial charge in [-0.25, -0.2) is 0 Å². The van der Waals surface area contributed by atoms with Gasteiger partial charge in [0.15, 0.2) is 0 Å². The van der Waals surface area contributed by atoms with Gasteiger partial charge in [0, 0.05) is 10.0 Å². The summed E-state index contributed by atoms with van der Waals surface area (Å²) in [5.41, 5.74) is 1.60. The van der Waals surface area contributed by atoms with E-state index < -0.39 is 0 Å². The molecule has 1 aromatic carbocycles. The molecule has 0 atom stereocenters. The summed E-state index contributed by atoms with van der Waals surface area (Å²) < 4.78 is 6.35. The first-order valence-electron chi connectivity index (χ1n) is 7.00. The Morgan fingerprint density at radius 2 is 1.89 bits per heavy atom. The highest BCUT2D eigenvalue weighted by Crippen LogP contribution is 2.24. The topological polar surface area (TPSA) is 21.3 Å². The molecule has 0 heterocycles. The molecule has 0 saturated carbocycles. The lowest BCUT2D eigenvalue weighted by molar-refractivity contribution is 0.414. The molecule has 19 heavy (non-hydrogen) atoms. The minimum absolute atomic E-state index is 0.235. The van der Waals surface area contributed by atoms with E-state index in [9.17, 15) is 0 Å². The van der Waals surface area contributed by atoms with Crippen molar-refractivity contribution in [3.05, 3.63) is 28.2 Å². The molecule has 0 aromatic heterocycles. The summed E-state index contributed by atoms with van der Waals surface area (Å²) in [6.45, 7) is 7.73. The van der Waals surface area contributed by atoms with Gasteiger partial charge in [-0.15, -0.1) is 0 Å². The predicted molar refractivity (Wildman–Crippen MR) is 86.0 cm³/mol. The summed E-state index contributed by atoms with van der Waals surface area (Å²) in [7, 11) is 1.70. The average Bonchev–Trinajstić information content (AvgIpc) is 2.33. The van der Waals surface area contributed by atoms with E-state index in [2.05, 4.69) is 48.1 Å². The number of ether oxygens (including phenoxy) is 1. The van der Waals surface area contributed by atoms with Gasteiger partial charge in [-0.05, 0) is 64.3 Å². The Morgan fingerprint density at radius 1 is 1.16 bits per heavy atom. The van der Waals surface area contributed by atoms with E-state index in [1.54, 1.807) is 7.11 Å². The van der Waals surface area contributed by atoms with Crippen LogP contribution >= 0.6 is 15.9 Å². The largest absolute Gasteiger partial charge is 0.497 e. The van der Waals surface area contributed by atoms with E-state index in [-0.39, 0.29) is 5.54 Å². The van der Waals surface area contributed by atoms with E-state index in [1.807, 2.05) is 12.1 Å². The lowest BCUT2D eigenvalue weighted by Gasteiger charge is -2.20. The minimum Gasteiger partial charge on any atom is -0.497 e. The van der Waals surface area contributed by atoms with E-state index in [1.165, 1.54) is 24.8 Å². The van der Waals surface area contributed by atoms with Crippen molar-refractivity contribution in [1.82, 2.24) is 5.32 Å². The highest BCUT2D eigenvalue weighted by atomic mass is 79.9. The maximum atomic E-state index is 5.20. The summed E-state index contributed by atoms with van der Waals surface area (Å²) >= 11 is 3.60. The smallest absolute Gasteiger partial charge is 0.120 e. The van der Waals surface area contributed by atoms with Gasteiger partial charge in [0.1, 0.15) is 5.75 Å². The van der Waals surface area contributed by atoms with Crippen LogP contribution in [0.5, 0.6) is 5.75 Å². The van der Waals surface area contributed by atoms with Gasteiger partial charge in [-0.3, -0.25) is 0 Å². The number of nitrogens with one attached hydrogen (secondary N) is 1. The van der Waals surface area contributed by atoms with Crippen LogP contribution in [0.1, 0.15) is 45.6 Å². The predicted octanol–water partition coefficient (Wildman–Crippen LogP) is 4.56. The third-order valence-corrected chi connectivity index (χ3v) is 3.78. The van der Waals surface area contributed by atoms with Crippen LogP contribution in [0.3, 0.4) is 0 Å². The zero-order chi connectivity index (χ0) is 14.3. The second-order valence-corrected chi connectivity index (χ2v) is 6.80. The maximum absolute atomic E-state index is 5.20. The first-order chi connectivity index (χ1) is 8.92. The van der Waals surface area contributed by atoms with Crippen molar-refractivity contribution in [2.24, 2.45) is 0 Å². The van der Waals surface area contributed by atoms with E-state index in [0.717, 1.165) is 23.2 Å². The first kappa shape index (κ1) is 16.5. The number of benzene rings is 1. The standard InChI is InChI=1S/C16H26BrNO/c1-16(2,3)18-11-7-5-6-8-13-9-10-14(19-4)12-15(13)17/h9-10,12,18H,5-8,11H2,1-4H3. The molecule has 0 aliphatic rings. The highest BCUT2D eigenvalue weighted by molar-refractivity contribution is 9.10. The fourth-order valence-electron chi connectivity index (χ4n) is 1.94. The van der Waals surface area contributed by atoms with Crippen molar-refractivity contribution >= 4 is 15.9 Å². The molecular weight excluding hydrogens is 302 g/mol. The molecule has 0 spiro atoms. The van der Waals surface area contributed by atoms with Crippen molar-refractivity contribution in [3.8, 4) is 5.75 Å². The molecule has 0 saturated heterocycles. The fourth-order valence-corrected chi connectivity index (χ4v) is 2.49. The van der Waals surface area contributed by atoms with E-state index >= 15 is 0 Å². The van der Waals surface area contributed by atoms with Crippen LogP contribution in [-0.2, 0) is 6.42 Å². The molecule has 0 bridgehead atoms. The molecule has 1 N–H and O–H groups in total. The molecule has 108 valence electrons. The number of methoxy groups -OCH3 is 1. The fraction of sp³-hybridized carbons (Fsp3) is 0.625. The summed E-state index contributed by atoms with van der Waals surface area (Å²) in [6, 6.07) is 6.22. The van der Waals surface area contributed by atoms with Crippen LogP contribution in [0.25, 0.3) is 0 Å². The Kier molecular flexibility index (Phi) is 6.87. The van der Waals surface area contributed by atoms with Crippen LogP contribution in [0, 0.1) is 0 Å². The summed E-state index contributed by atoms with van der Waals surface area (Å²) in [5, 5.41) is 3.52. The molecule has 2 nitrogen and oxygen atoms in total. The van der Waals surface area contributed by atoms with Crippen molar-refractivity contribution in [2.45, 2.75) is 52.0 Å². The average molecular weight is 328 g/mol. The number of unbranched alkanes of at least 4 members (excludes halogenated alkanes) is 2. The van der Waals surface area contributed by atoms with Crippen LogP contribution in [-0.4, -0.2) is 19.2 Å². The van der Waals surface area contributed by atoms with Crippen molar-refractivity contribution in [2.75, 3.05) is 13.7 Å². The highest BCUT2D eigenvalue weighted by Gasteiger charge is 2.07. The number of hydrogen-bond donors (Lipinski definition) is 1. The van der Waals surface area contributed by atoms with E-state index in [0.29, 0.717) is 0 Å². The lowest BCUT2D eigenvalue weighted by Crippen LogP contribution is -2.36. The Labute approximate surface area is 126 Å². The van der Waals surface area contributed by atoms with Crippen LogP contribution in [0.4, 0.5) is 0 Å². The first-order valence-corrected chi connectivity index (χ1v) is 7.79. The molecule has 3 heteroatoms. The third kappa shape index (κ3) is 6.98. The number of aryl methyl sites for hydroxylation is 1. The molecule has 0 aliphatic heterocycles. The maximum Gasteiger partial charge on any atom is 0.120 e. The quantitative estimate of drug-likeness (QED) is 0.741. The second kappa shape index (κ2) is 7.91. The molecule has 1 rings (SSSR count). The van der Waals surface area contributed by atoms with Gasteiger partial charge >= 0.3 is 0 Å². The van der Waals surface area contributed by atoms with Gasteiger partial charge in [-0.2, -0.15) is 0 Å². The van der Waals surface area contributed by atoms with Gasteiger partial charge < -0.3 is 10.1 Å². The summed E-state index contributed by atoms with van der Waals surface area (Å²) in [5.74, 6) is 0.907. The zero-order valence-corrected chi connectivity index (χ0v) is 14.1. The van der Waals surface area contributed by atoms with Crippen molar-refractivity contribution in [1.29, 1.82) is 0 Å². The van der Waals surface area contributed by atoms with Crippen molar-refractivity contribution in [3.63, 3.8) is 0 Å². The lowest BCUT2D eigenvalue weighted by atomic mass is 10.1. The normalized spacial score (nSPS) is 11.6. The minimum atomic E-state index is 0.235. The van der Waals surface area contributed by atoms with Gasteiger partial charge in [0.2, 0.25) is 0 Å². The van der Waals surface area contributed by atoms with Gasteiger partial charge in [-0.1, -0.05) is 28.4 Å². The van der Waals surface area contributed by atoms with Crippen LogP contribution in [0.2, 0.25) is 0 Å². The molecule has 0 amide bonds. The molecule has 1 aromatic rings. The van der Waals surface area contributed by atoms with Crippen LogP contribution in [0.15, 0.2) is 22.7 Å². The summed E-state index contributed by atoms with van der Waals surface area (Å²) in [4.78, 5) is 0. The van der Waals surface area contributed by atoms with E-state index in [4.69, 9.17) is 4.74 Å². The van der Waals surface area contributed by atoms with Gasteiger partial charge in [0.05, 0.1) is 7.11 Å². The summed E-state index contributed by atoms with van der Waals surface area (Å²) in [6.07, 6.45) is 4.86. The molecule has 0 fully saturated rings. The molecule has 0 aliphatic carbocycles. The Balaban J connectivity index is 2.23. The molecule has 0 unspecified atom stereocenters.